The van der Waals surface area contributed by atoms with Crippen molar-refractivity contribution >= 4 is 23.5 Å². The third-order valence-electron chi connectivity index (χ3n) is 6.85. The maximum absolute atomic E-state index is 12.4. The lowest BCUT2D eigenvalue weighted by molar-refractivity contribution is -0.115. The molecule has 0 saturated heterocycles. The normalized spacial score (nSPS) is 16.4. The maximum Gasteiger partial charge on any atom is 0.337 e. The maximum atomic E-state index is 12.4. The Bertz CT molecular complexity index is 1480. The summed E-state index contributed by atoms with van der Waals surface area (Å²) >= 11 is 0. The summed E-state index contributed by atoms with van der Waals surface area (Å²) in [5, 5.41) is 21.5. The number of carbonyl (C=O) groups is 3. The van der Waals surface area contributed by atoms with Gasteiger partial charge >= 0.3 is 5.97 Å². The van der Waals surface area contributed by atoms with E-state index >= 15 is 0 Å². The number of para-hydroxylation sites is 1. The van der Waals surface area contributed by atoms with Gasteiger partial charge in [-0.3, -0.25) is 14.7 Å². The number of anilines is 1. The van der Waals surface area contributed by atoms with Crippen molar-refractivity contribution in [3.63, 3.8) is 0 Å². The van der Waals surface area contributed by atoms with Gasteiger partial charge in [0.05, 0.1) is 35.5 Å². The van der Waals surface area contributed by atoms with Crippen LogP contribution in [0, 0.1) is 0 Å². The van der Waals surface area contributed by atoms with Crippen LogP contribution in [0.4, 0.5) is 5.69 Å². The minimum atomic E-state index is -1.10. The van der Waals surface area contributed by atoms with Crippen molar-refractivity contribution in [2.45, 2.75) is 44.2 Å². The summed E-state index contributed by atoms with van der Waals surface area (Å²) in [7, 11) is 0. The quantitative estimate of drug-likeness (QED) is 0.211. The van der Waals surface area contributed by atoms with E-state index in [1.54, 1.807) is 48.7 Å². The van der Waals surface area contributed by atoms with Crippen LogP contribution >= 0.6 is 0 Å². The van der Waals surface area contributed by atoms with E-state index in [4.69, 9.17) is 9.47 Å². The number of ether oxygens (including phenoxy) is 2. The number of H-pyrrole nitrogens is 1. The minimum Gasteiger partial charge on any atom is -0.490 e. The zero-order chi connectivity index (χ0) is 28.6. The molecule has 0 bridgehead atoms. The average Bonchev–Trinajstić information content (AvgIpc) is 3.52. The highest BCUT2D eigenvalue weighted by atomic mass is 16.5. The van der Waals surface area contributed by atoms with Gasteiger partial charge in [0, 0.05) is 12.2 Å². The first kappa shape index (κ1) is 27.4. The molecule has 0 atom stereocenters. The molecule has 4 N–H and O–H groups in total. The van der Waals surface area contributed by atoms with Gasteiger partial charge in [0.2, 0.25) is 5.91 Å². The molecule has 1 aromatic heterocycles. The van der Waals surface area contributed by atoms with Gasteiger partial charge in [0.15, 0.2) is 0 Å². The van der Waals surface area contributed by atoms with Crippen molar-refractivity contribution in [2.24, 2.45) is 0 Å². The van der Waals surface area contributed by atoms with E-state index in [9.17, 15) is 19.5 Å². The molecule has 0 aliphatic heterocycles. The van der Waals surface area contributed by atoms with Gasteiger partial charge in [-0.25, -0.2) is 4.79 Å². The zero-order valence-corrected chi connectivity index (χ0v) is 22.2. The number of nitrogens with zero attached hydrogens (tertiary/aromatic N) is 1. The number of nitrogens with one attached hydrogen (secondary N) is 3. The number of rotatable bonds is 10. The topological polar surface area (TPSA) is 143 Å². The second-order valence-electron chi connectivity index (χ2n) is 9.85. The number of carboxylic acid groups (broad SMARTS) is 1. The molecule has 1 aliphatic carbocycles. The summed E-state index contributed by atoms with van der Waals surface area (Å²) in [6, 6.07) is 21.0. The average molecular weight is 555 g/mol. The number of carboxylic acids is 1. The van der Waals surface area contributed by atoms with Gasteiger partial charge < -0.3 is 25.2 Å². The molecule has 1 heterocycles. The Kier molecular flexibility index (Phi) is 8.58. The number of aromatic carboxylic acids is 1. The van der Waals surface area contributed by atoms with Gasteiger partial charge in [-0.15, -0.1) is 0 Å². The number of amides is 2. The van der Waals surface area contributed by atoms with Crippen LogP contribution < -0.4 is 20.1 Å². The van der Waals surface area contributed by atoms with Crippen molar-refractivity contribution in [1.82, 2.24) is 15.5 Å². The van der Waals surface area contributed by atoms with Crippen molar-refractivity contribution < 1.29 is 29.0 Å². The van der Waals surface area contributed by atoms with Crippen LogP contribution in [0.2, 0.25) is 0 Å². The highest BCUT2D eigenvalue weighted by Gasteiger charge is 2.24. The molecule has 5 rings (SSSR count). The summed E-state index contributed by atoms with van der Waals surface area (Å²) in [6.07, 6.45) is 6.69. The van der Waals surface area contributed by atoms with Gasteiger partial charge in [-0.05, 0) is 79.8 Å². The second kappa shape index (κ2) is 12.8. The Morgan fingerprint density at radius 2 is 1.54 bits per heavy atom. The van der Waals surface area contributed by atoms with E-state index in [-0.39, 0.29) is 41.6 Å². The van der Waals surface area contributed by atoms with Crippen LogP contribution in [-0.2, 0) is 11.2 Å². The summed E-state index contributed by atoms with van der Waals surface area (Å²) in [5.41, 5.74) is 1.60. The van der Waals surface area contributed by atoms with Crippen LogP contribution in [0.25, 0.3) is 0 Å². The third kappa shape index (κ3) is 7.51. The fourth-order valence-corrected chi connectivity index (χ4v) is 4.72. The molecule has 0 unspecified atom stereocenters. The first-order valence-electron chi connectivity index (χ1n) is 13.4. The van der Waals surface area contributed by atoms with Crippen LogP contribution in [0.15, 0.2) is 85.2 Å². The summed E-state index contributed by atoms with van der Waals surface area (Å²) in [4.78, 5) is 36.0. The van der Waals surface area contributed by atoms with Crippen LogP contribution in [0.1, 0.15) is 52.0 Å². The van der Waals surface area contributed by atoms with E-state index in [0.29, 0.717) is 17.1 Å². The number of aromatic nitrogens is 2. The molecule has 0 spiro atoms. The second-order valence-corrected chi connectivity index (χ2v) is 9.85. The molecule has 0 radical (unpaired) electrons. The lowest BCUT2D eigenvalue weighted by atomic mass is 9.92. The van der Waals surface area contributed by atoms with E-state index in [2.05, 4.69) is 20.8 Å². The van der Waals surface area contributed by atoms with E-state index in [1.165, 1.54) is 12.3 Å². The molecule has 10 heteroatoms. The number of benzene rings is 3. The number of carbonyl (C=O) groups excluding carboxylic acids is 2. The van der Waals surface area contributed by atoms with E-state index in [1.807, 2.05) is 24.3 Å². The standard InChI is InChI=1S/C31H30N4O6/c36-29(35-28-4-2-1-3-27(28)31(38)39)17-20-5-9-23(10-6-20)40-25-13-15-26(16-14-25)41-24-11-7-22(8-12-24)34-30(37)21-18-32-33-19-21/h1-6,9-10,13-16,18-19,22,24H,7-8,11-12,17H2,(H,32,33)(H,34,37)(H,35,36)(H,38,39). The molecule has 10 nitrogen and oxygen atoms in total. The molecule has 2 amide bonds. The first-order valence-corrected chi connectivity index (χ1v) is 13.4. The molecule has 1 aliphatic rings. The molecule has 210 valence electrons. The minimum absolute atomic E-state index is 0.0423. The van der Waals surface area contributed by atoms with Gasteiger partial charge in [-0.1, -0.05) is 24.3 Å². The Hall–Kier alpha value is -5.12. The number of hydrogen-bond acceptors (Lipinski definition) is 6. The fourth-order valence-electron chi connectivity index (χ4n) is 4.72. The summed E-state index contributed by atoms with van der Waals surface area (Å²) in [5.74, 6) is 0.509. The summed E-state index contributed by atoms with van der Waals surface area (Å²) in [6.45, 7) is 0. The van der Waals surface area contributed by atoms with Crippen molar-refractivity contribution in [3.8, 4) is 17.2 Å². The fraction of sp³-hybridized carbons (Fsp3) is 0.226. The van der Waals surface area contributed by atoms with Crippen LogP contribution in [0.5, 0.6) is 17.2 Å². The van der Waals surface area contributed by atoms with Crippen LogP contribution in [0.3, 0.4) is 0 Å². The Morgan fingerprint density at radius 3 is 2.20 bits per heavy atom. The predicted octanol–water partition coefficient (Wildman–Crippen LogP) is 5.20. The lowest BCUT2D eigenvalue weighted by Crippen LogP contribution is -2.39. The SMILES string of the molecule is O=C(Cc1ccc(Oc2ccc(OC3CCC(NC(=O)c4cn[nH]c4)CC3)cc2)cc1)Nc1ccccc1C(=O)O. The molecular weight excluding hydrogens is 524 g/mol. The van der Waals surface area contributed by atoms with Crippen LogP contribution in [-0.4, -0.2) is 45.2 Å². The van der Waals surface area contributed by atoms with Crippen molar-refractivity contribution in [3.05, 3.63) is 102 Å². The van der Waals surface area contributed by atoms with Gasteiger partial charge in [0.25, 0.3) is 5.91 Å². The van der Waals surface area contributed by atoms with Gasteiger partial charge in [0.1, 0.15) is 17.2 Å². The smallest absolute Gasteiger partial charge is 0.337 e. The van der Waals surface area contributed by atoms with E-state index < -0.39 is 5.97 Å². The number of hydrogen-bond donors (Lipinski definition) is 4. The molecule has 4 aromatic rings. The summed E-state index contributed by atoms with van der Waals surface area (Å²) < 4.78 is 12.1. The highest BCUT2D eigenvalue weighted by Crippen LogP contribution is 2.28. The Labute approximate surface area is 236 Å². The van der Waals surface area contributed by atoms with Gasteiger partial charge in [-0.2, -0.15) is 5.10 Å². The largest absolute Gasteiger partial charge is 0.490 e. The Morgan fingerprint density at radius 1 is 0.878 bits per heavy atom. The number of aromatic amines is 1. The highest BCUT2D eigenvalue weighted by molar-refractivity contribution is 6.01. The first-order chi connectivity index (χ1) is 19.9. The lowest BCUT2D eigenvalue weighted by Gasteiger charge is -2.29. The van der Waals surface area contributed by atoms with Crippen molar-refractivity contribution in [2.75, 3.05) is 5.32 Å². The predicted molar refractivity (Wildman–Crippen MR) is 151 cm³/mol. The monoisotopic (exact) mass is 554 g/mol. The zero-order valence-electron chi connectivity index (χ0n) is 22.2. The van der Waals surface area contributed by atoms with Crippen molar-refractivity contribution in [1.29, 1.82) is 0 Å². The Balaban J connectivity index is 1.06. The molecular formula is C31H30N4O6. The molecule has 1 saturated carbocycles. The molecule has 3 aromatic carbocycles. The molecule has 41 heavy (non-hydrogen) atoms. The van der Waals surface area contributed by atoms with E-state index in [0.717, 1.165) is 37.0 Å². The molecule has 1 fully saturated rings. The third-order valence-corrected chi connectivity index (χ3v) is 6.85.